The minimum atomic E-state index is -0.959. The van der Waals surface area contributed by atoms with Crippen LogP contribution in [0.15, 0.2) is 12.1 Å². The molecule has 0 aliphatic rings. The number of carboxylic acids is 1. The van der Waals surface area contributed by atoms with Crippen LogP contribution in [0, 0.1) is 6.92 Å². The molecule has 1 amide bonds. The van der Waals surface area contributed by atoms with Crippen LogP contribution in [-0.2, 0) is 16.0 Å². The van der Waals surface area contributed by atoms with Crippen LogP contribution in [0.4, 0.5) is 0 Å². The number of carboxylic acid groups (broad SMARTS) is 1. The summed E-state index contributed by atoms with van der Waals surface area (Å²) >= 11 is 1.56. The lowest BCUT2D eigenvalue weighted by Crippen LogP contribution is -2.41. The number of hydrogen-bond acceptors (Lipinski definition) is 3. The van der Waals surface area contributed by atoms with Crippen molar-refractivity contribution in [2.75, 3.05) is 0 Å². The molecule has 0 unspecified atom stereocenters. The fourth-order valence-electron chi connectivity index (χ4n) is 1.65. The lowest BCUT2D eigenvalue weighted by molar-refractivity contribution is -0.141. The summed E-state index contributed by atoms with van der Waals surface area (Å²) in [5.41, 5.74) is 0. The summed E-state index contributed by atoms with van der Waals surface area (Å²) in [5, 5.41) is 11.6. The zero-order chi connectivity index (χ0) is 13.5. The smallest absolute Gasteiger partial charge is 0.326 e. The molecule has 1 heterocycles. The van der Waals surface area contributed by atoms with Crippen LogP contribution in [0.2, 0.25) is 0 Å². The third-order valence-corrected chi connectivity index (χ3v) is 3.61. The Kier molecular flexibility index (Phi) is 5.85. The maximum atomic E-state index is 11.7. The number of aliphatic carboxylic acids is 1. The van der Waals surface area contributed by atoms with Gasteiger partial charge in [0.2, 0.25) is 5.91 Å². The Balaban J connectivity index is 2.48. The number of carbonyl (C=O) groups excluding carboxylic acids is 1. The third kappa shape index (κ3) is 4.87. The van der Waals surface area contributed by atoms with Gasteiger partial charge in [-0.05, 0) is 25.5 Å². The number of aryl methyl sites for hydroxylation is 1. The van der Waals surface area contributed by atoms with Gasteiger partial charge in [-0.25, -0.2) is 4.79 Å². The summed E-state index contributed by atoms with van der Waals surface area (Å²) in [5.74, 6) is -1.18. The number of amides is 1. The Hall–Kier alpha value is -1.36. The molecule has 2 N–H and O–H groups in total. The Morgan fingerprint density at radius 2 is 2.17 bits per heavy atom. The summed E-state index contributed by atoms with van der Waals surface area (Å²) in [4.78, 5) is 24.8. The fourth-order valence-corrected chi connectivity index (χ4v) is 2.54. The third-order valence-electron chi connectivity index (χ3n) is 2.61. The van der Waals surface area contributed by atoms with Crippen molar-refractivity contribution >= 4 is 23.2 Å². The van der Waals surface area contributed by atoms with Crippen LogP contribution in [-0.4, -0.2) is 23.0 Å². The number of rotatable bonds is 7. The molecule has 1 aromatic rings. The molecule has 0 aliphatic carbocycles. The highest BCUT2D eigenvalue weighted by Crippen LogP contribution is 2.15. The molecule has 1 aromatic heterocycles. The zero-order valence-corrected chi connectivity index (χ0v) is 11.5. The van der Waals surface area contributed by atoms with Crippen molar-refractivity contribution in [1.82, 2.24) is 5.32 Å². The highest BCUT2D eigenvalue weighted by Gasteiger charge is 2.19. The average molecular weight is 269 g/mol. The van der Waals surface area contributed by atoms with Gasteiger partial charge in [0, 0.05) is 9.75 Å². The molecule has 1 rings (SSSR count). The molecular formula is C13H19NO3S. The maximum absolute atomic E-state index is 11.7. The van der Waals surface area contributed by atoms with E-state index < -0.39 is 12.0 Å². The molecule has 0 saturated heterocycles. The summed E-state index contributed by atoms with van der Waals surface area (Å²) in [6.45, 7) is 3.97. The quantitative estimate of drug-likeness (QED) is 0.798. The van der Waals surface area contributed by atoms with E-state index in [1.54, 1.807) is 11.3 Å². The van der Waals surface area contributed by atoms with Gasteiger partial charge in [0.25, 0.3) is 0 Å². The number of unbranched alkanes of at least 4 members (excludes halogenated alkanes) is 1. The van der Waals surface area contributed by atoms with Crippen LogP contribution < -0.4 is 5.32 Å². The van der Waals surface area contributed by atoms with Crippen LogP contribution in [0.5, 0.6) is 0 Å². The highest BCUT2D eigenvalue weighted by atomic mass is 32.1. The monoisotopic (exact) mass is 269 g/mol. The van der Waals surface area contributed by atoms with Gasteiger partial charge in [0.05, 0.1) is 6.42 Å². The summed E-state index contributed by atoms with van der Waals surface area (Å²) in [7, 11) is 0. The first-order valence-electron chi connectivity index (χ1n) is 6.10. The van der Waals surface area contributed by atoms with E-state index in [2.05, 4.69) is 5.32 Å². The van der Waals surface area contributed by atoms with Gasteiger partial charge < -0.3 is 10.4 Å². The minimum absolute atomic E-state index is 0.222. The average Bonchev–Trinajstić information content (AvgIpc) is 2.69. The molecule has 4 nitrogen and oxygen atoms in total. The topological polar surface area (TPSA) is 66.4 Å². The maximum Gasteiger partial charge on any atom is 0.326 e. The molecular weight excluding hydrogens is 250 g/mol. The molecule has 100 valence electrons. The number of hydrogen-bond donors (Lipinski definition) is 2. The largest absolute Gasteiger partial charge is 0.480 e. The van der Waals surface area contributed by atoms with Crippen LogP contribution in [0.3, 0.4) is 0 Å². The predicted molar refractivity (Wildman–Crippen MR) is 71.9 cm³/mol. The van der Waals surface area contributed by atoms with Gasteiger partial charge in [0.1, 0.15) is 6.04 Å². The lowest BCUT2D eigenvalue weighted by atomic mass is 10.1. The summed E-state index contributed by atoms with van der Waals surface area (Å²) in [6, 6.07) is 3.10. The van der Waals surface area contributed by atoms with E-state index >= 15 is 0 Å². The molecule has 0 radical (unpaired) electrons. The number of nitrogens with one attached hydrogen (secondary N) is 1. The van der Waals surface area contributed by atoms with E-state index in [-0.39, 0.29) is 12.3 Å². The van der Waals surface area contributed by atoms with E-state index in [1.807, 2.05) is 26.0 Å². The first-order valence-corrected chi connectivity index (χ1v) is 6.92. The Morgan fingerprint density at radius 1 is 1.44 bits per heavy atom. The van der Waals surface area contributed by atoms with Crippen molar-refractivity contribution in [2.24, 2.45) is 0 Å². The first-order chi connectivity index (χ1) is 8.52. The Morgan fingerprint density at radius 3 is 2.67 bits per heavy atom. The molecule has 0 saturated carbocycles. The van der Waals surface area contributed by atoms with Crippen molar-refractivity contribution in [3.63, 3.8) is 0 Å². The molecule has 1 atom stereocenters. The second-order valence-electron chi connectivity index (χ2n) is 4.29. The van der Waals surface area contributed by atoms with Crippen LogP contribution in [0.25, 0.3) is 0 Å². The van der Waals surface area contributed by atoms with Crippen molar-refractivity contribution in [3.8, 4) is 0 Å². The number of thiophene rings is 1. The molecule has 5 heteroatoms. The summed E-state index contributed by atoms with van der Waals surface area (Å²) in [6.07, 6.45) is 2.47. The Bertz CT molecular complexity index is 414. The second kappa shape index (κ2) is 7.16. The standard InChI is InChI=1S/C13H19NO3S/c1-3-4-5-11(13(16)17)14-12(15)8-10-7-6-9(2)18-10/h6-7,11H,3-5,8H2,1-2H3,(H,14,15)(H,16,17)/t11-/m0/s1. The second-order valence-corrected chi connectivity index (χ2v) is 5.66. The van der Waals surface area contributed by atoms with Crippen molar-refractivity contribution < 1.29 is 14.7 Å². The van der Waals surface area contributed by atoms with Crippen molar-refractivity contribution in [2.45, 2.75) is 45.6 Å². The van der Waals surface area contributed by atoms with Gasteiger partial charge in [-0.2, -0.15) is 0 Å². The zero-order valence-electron chi connectivity index (χ0n) is 10.7. The van der Waals surface area contributed by atoms with E-state index in [9.17, 15) is 9.59 Å². The van der Waals surface area contributed by atoms with Gasteiger partial charge in [-0.15, -0.1) is 11.3 Å². The van der Waals surface area contributed by atoms with Gasteiger partial charge in [-0.3, -0.25) is 4.79 Å². The normalized spacial score (nSPS) is 12.1. The SMILES string of the molecule is CCCC[C@H](NC(=O)Cc1ccc(C)s1)C(=O)O. The molecule has 0 aliphatic heterocycles. The molecule has 18 heavy (non-hydrogen) atoms. The lowest BCUT2D eigenvalue weighted by Gasteiger charge is -2.13. The fraction of sp³-hybridized carbons (Fsp3) is 0.538. The van der Waals surface area contributed by atoms with Gasteiger partial charge in [0.15, 0.2) is 0 Å². The molecule has 0 spiro atoms. The Labute approximate surface area is 111 Å². The van der Waals surface area contributed by atoms with E-state index in [1.165, 1.54) is 0 Å². The van der Waals surface area contributed by atoms with E-state index in [0.29, 0.717) is 6.42 Å². The van der Waals surface area contributed by atoms with Crippen LogP contribution >= 0.6 is 11.3 Å². The number of carbonyl (C=O) groups is 2. The van der Waals surface area contributed by atoms with Crippen molar-refractivity contribution in [1.29, 1.82) is 0 Å². The molecule has 0 bridgehead atoms. The minimum Gasteiger partial charge on any atom is -0.480 e. The van der Waals surface area contributed by atoms with Crippen LogP contribution in [0.1, 0.15) is 35.9 Å². The molecule has 0 aromatic carbocycles. The predicted octanol–water partition coefficient (Wildman–Crippen LogP) is 2.36. The first kappa shape index (κ1) is 14.7. The van der Waals surface area contributed by atoms with E-state index in [4.69, 9.17) is 5.11 Å². The summed E-state index contributed by atoms with van der Waals surface area (Å²) < 4.78 is 0. The van der Waals surface area contributed by atoms with E-state index in [0.717, 1.165) is 22.6 Å². The van der Waals surface area contributed by atoms with Gasteiger partial charge >= 0.3 is 5.97 Å². The highest BCUT2D eigenvalue weighted by molar-refractivity contribution is 7.12. The van der Waals surface area contributed by atoms with Crippen molar-refractivity contribution in [3.05, 3.63) is 21.9 Å². The van der Waals surface area contributed by atoms with Gasteiger partial charge in [-0.1, -0.05) is 19.8 Å². The molecule has 0 fully saturated rings.